The number of nitrogens with one attached hydrogen (secondary N) is 3. The van der Waals surface area contributed by atoms with E-state index in [0.29, 0.717) is 32.5 Å². The third kappa shape index (κ3) is 3.04. The van der Waals surface area contributed by atoms with E-state index in [1.807, 2.05) is 0 Å². The highest BCUT2D eigenvalue weighted by atomic mass is 19.1. The van der Waals surface area contributed by atoms with Crippen molar-refractivity contribution in [2.45, 2.75) is 43.9 Å². The molecule has 3 N–H and O–H groups in total. The van der Waals surface area contributed by atoms with Gasteiger partial charge in [-0.15, -0.1) is 0 Å². The molecule has 158 valence electrons. The summed E-state index contributed by atoms with van der Waals surface area (Å²) in [6.07, 6.45) is 1.36. The Morgan fingerprint density at radius 2 is 1.87 bits per heavy atom. The lowest BCUT2D eigenvalue weighted by Crippen LogP contribution is -2.66. The van der Waals surface area contributed by atoms with Crippen molar-refractivity contribution in [2.24, 2.45) is 5.41 Å². The Labute approximate surface area is 172 Å². The number of benzene rings is 1. The molecule has 1 aromatic carbocycles. The van der Waals surface area contributed by atoms with E-state index < -0.39 is 35.3 Å². The van der Waals surface area contributed by atoms with Crippen LogP contribution in [0, 0.1) is 5.41 Å². The Kier molecular flexibility index (Phi) is 4.30. The minimum Gasteiger partial charge on any atom is -0.313 e. The van der Waals surface area contributed by atoms with E-state index >= 15 is 0 Å². The zero-order valence-corrected chi connectivity index (χ0v) is 16.4. The van der Waals surface area contributed by atoms with Crippen molar-refractivity contribution in [3.8, 4) is 0 Å². The van der Waals surface area contributed by atoms with Crippen molar-refractivity contribution in [3.05, 3.63) is 34.9 Å². The van der Waals surface area contributed by atoms with Crippen molar-refractivity contribution in [1.82, 2.24) is 20.9 Å². The quantitative estimate of drug-likeness (QED) is 0.597. The number of fused-ring (bicyclic) bond motifs is 3. The Morgan fingerprint density at radius 3 is 2.60 bits per heavy atom. The molecule has 0 radical (unpaired) electrons. The monoisotopic (exact) mass is 414 g/mol. The summed E-state index contributed by atoms with van der Waals surface area (Å²) in [5.41, 5.74) is 0.251. The first-order chi connectivity index (χ1) is 14.3. The van der Waals surface area contributed by atoms with Crippen LogP contribution in [0.3, 0.4) is 0 Å². The minimum absolute atomic E-state index is 0.0574. The van der Waals surface area contributed by atoms with Crippen molar-refractivity contribution >= 4 is 23.6 Å². The molecule has 30 heavy (non-hydrogen) atoms. The lowest BCUT2D eigenvalue weighted by molar-refractivity contribution is -0.136. The molecule has 6 rings (SSSR count). The molecule has 1 aliphatic carbocycles. The number of carbonyl (C=O) groups is 4. The predicted molar refractivity (Wildman–Crippen MR) is 103 cm³/mol. The van der Waals surface area contributed by atoms with Crippen molar-refractivity contribution < 1.29 is 23.6 Å². The van der Waals surface area contributed by atoms with Crippen LogP contribution in [0.15, 0.2) is 18.2 Å². The van der Waals surface area contributed by atoms with E-state index in [-0.39, 0.29) is 29.4 Å². The average molecular weight is 414 g/mol. The highest BCUT2D eigenvalue weighted by Crippen LogP contribution is 2.52. The van der Waals surface area contributed by atoms with E-state index in [4.69, 9.17) is 0 Å². The zero-order valence-electron chi connectivity index (χ0n) is 16.4. The Bertz CT molecular complexity index is 972. The summed E-state index contributed by atoms with van der Waals surface area (Å²) in [6, 6.07) is 4.09. The number of rotatable bonds is 5. The van der Waals surface area contributed by atoms with E-state index in [9.17, 15) is 23.6 Å². The van der Waals surface area contributed by atoms with E-state index in [2.05, 4.69) is 16.0 Å². The average Bonchev–Trinajstić information content (AvgIpc) is 2.92. The summed E-state index contributed by atoms with van der Waals surface area (Å²) in [5, 5.41) is 8.69. The van der Waals surface area contributed by atoms with Crippen LogP contribution >= 0.6 is 0 Å². The Hall–Kier alpha value is -2.65. The smallest absolute Gasteiger partial charge is 0.262 e. The van der Waals surface area contributed by atoms with Crippen LogP contribution < -0.4 is 16.0 Å². The number of alkyl halides is 1. The first kappa shape index (κ1) is 19.3. The fourth-order valence-electron chi connectivity index (χ4n) is 5.38. The zero-order chi connectivity index (χ0) is 21.1. The fourth-order valence-corrected chi connectivity index (χ4v) is 5.38. The van der Waals surface area contributed by atoms with E-state index in [1.54, 1.807) is 18.2 Å². The highest BCUT2D eigenvalue weighted by Gasteiger charge is 2.57. The molecule has 1 saturated carbocycles. The molecule has 2 bridgehead atoms. The second-order valence-electron chi connectivity index (χ2n) is 9.04. The standard InChI is InChI=1S/C21H23FN4O4/c22-21-7-20(8-21,10-24-11-21)9-23-6-12-1-2-13-14(5-12)19(30)26(18(13)29)15-3-4-16(27)25-17(15)28/h1-2,5,15,23-24H,3-4,6-11H2,(H,25,27,28). The molecule has 1 unspecified atom stereocenters. The maximum atomic E-state index is 14.2. The van der Waals surface area contributed by atoms with Crippen LogP contribution in [-0.4, -0.2) is 59.9 Å². The number of hydrogen-bond donors (Lipinski definition) is 3. The van der Waals surface area contributed by atoms with Crippen LogP contribution in [0.25, 0.3) is 0 Å². The van der Waals surface area contributed by atoms with Gasteiger partial charge in [-0.2, -0.15) is 0 Å². The highest BCUT2D eigenvalue weighted by molar-refractivity contribution is 6.23. The summed E-state index contributed by atoms with van der Waals surface area (Å²) in [5.74, 6) is -2.04. The van der Waals surface area contributed by atoms with Gasteiger partial charge in [0.15, 0.2) is 0 Å². The summed E-state index contributed by atoms with van der Waals surface area (Å²) in [4.78, 5) is 50.1. The molecule has 3 saturated heterocycles. The van der Waals surface area contributed by atoms with Gasteiger partial charge in [-0.3, -0.25) is 29.4 Å². The second kappa shape index (κ2) is 6.68. The molecule has 4 fully saturated rings. The number of carbonyl (C=O) groups excluding carboxylic acids is 4. The van der Waals surface area contributed by atoms with Gasteiger partial charge in [-0.25, -0.2) is 4.39 Å². The van der Waals surface area contributed by atoms with Gasteiger partial charge < -0.3 is 10.6 Å². The predicted octanol–water partition coefficient (Wildman–Crippen LogP) is 0.269. The van der Waals surface area contributed by atoms with Crippen molar-refractivity contribution in [2.75, 3.05) is 19.6 Å². The molecular weight excluding hydrogens is 391 g/mol. The second-order valence-corrected chi connectivity index (χ2v) is 9.04. The van der Waals surface area contributed by atoms with E-state index in [0.717, 1.165) is 17.0 Å². The fraction of sp³-hybridized carbons (Fsp3) is 0.524. The number of hydrogen-bond acceptors (Lipinski definition) is 6. The largest absolute Gasteiger partial charge is 0.313 e. The summed E-state index contributed by atoms with van der Waals surface area (Å²) < 4.78 is 14.2. The maximum Gasteiger partial charge on any atom is 0.262 e. The van der Waals surface area contributed by atoms with Gasteiger partial charge in [0.05, 0.1) is 11.1 Å². The topological polar surface area (TPSA) is 108 Å². The van der Waals surface area contributed by atoms with Crippen LogP contribution in [0.4, 0.5) is 4.39 Å². The van der Waals surface area contributed by atoms with Crippen LogP contribution in [-0.2, 0) is 16.1 Å². The summed E-state index contributed by atoms with van der Waals surface area (Å²) in [7, 11) is 0. The minimum atomic E-state index is -1.07. The number of amides is 4. The molecule has 0 spiro atoms. The van der Waals surface area contributed by atoms with Crippen molar-refractivity contribution in [3.63, 3.8) is 0 Å². The molecule has 1 aromatic rings. The Balaban J connectivity index is 1.26. The summed E-state index contributed by atoms with van der Waals surface area (Å²) in [6.45, 7) is 2.40. The number of piperidine rings is 3. The molecule has 1 atom stereocenters. The van der Waals surface area contributed by atoms with Crippen LogP contribution in [0.2, 0.25) is 0 Å². The molecule has 4 aliphatic heterocycles. The Morgan fingerprint density at radius 1 is 1.10 bits per heavy atom. The number of imide groups is 2. The molecule has 9 heteroatoms. The first-order valence-corrected chi connectivity index (χ1v) is 10.2. The summed E-state index contributed by atoms with van der Waals surface area (Å²) >= 11 is 0. The molecular formula is C21H23FN4O4. The lowest BCUT2D eigenvalue weighted by atomic mass is 9.57. The SMILES string of the molecule is O=C1CCC(N2C(=O)c3ccc(CNCC45CNCC(F)(C4)C5)cc3C2=O)C(=O)N1. The van der Waals surface area contributed by atoms with Gasteiger partial charge in [0.25, 0.3) is 11.8 Å². The van der Waals surface area contributed by atoms with Gasteiger partial charge in [-0.1, -0.05) is 6.07 Å². The van der Waals surface area contributed by atoms with Gasteiger partial charge in [0.2, 0.25) is 11.8 Å². The van der Waals surface area contributed by atoms with Gasteiger partial charge in [0, 0.05) is 38.0 Å². The van der Waals surface area contributed by atoms with Crippen LogP contribution in [0.1, 0.15) is 52.0 Å². The molecule has 8 nitrogen and oxygen atoms in total. The number of nitrogens with zero attached hydrogens (tertiary/aromatic N) is 1. The third-order valence-corrected chi connectivity index (χ3v) is 6.66. The molecule has 0 aromatic heterocycles. The molecule has 4 amide bonds. The van der Waals surface area contributed by atoms with Crippen LogP contribution in [0.5, 0.6) is 0 Å². The van der Waals surface area contributed by atoms with E-state index in [1.165, 1.54) is 0 Å². The van der Waals surface area contributed by atoms with Gasteiger partial charge >= 0.3 is 0 Å². The van der Waals surface area contributed by atoms with Gasteiger partial charge in [0.1, 0.15) is 11.7 Å². The third-order valence-electron chi connectivity index (χ3n) is 6.66. The van der Waals surface area contributed by atoms with Gasteiger partial charge in [-0.05, 0) is 37.0 Å². The maximum absolute atomic E-state index is 14.2. The van der Waals surface area contributed by atoms with Crippen molar-refractivity contribution in [1.29, 1.82) is 0 Å². The molecule has 4 heterocycles. The number of halogens is 1. The first-order valence-electron chi connectivity index (χ1n) is 10.2. The lowest BCUT2D eigenvalue weighted by Gasteiger charge is -2.56. The molecule has 5 aliphatic rings. The normalized spacial score (nSPS) is 32.7.